The van der Waals surface area contributed by atoms with Crippen LogP contribution in [0.15, 0.2) is 33.7 Å². The van der Waals surface area contributed by atoms with Crippen LogP contribution < -0.4 is 5.32 Å². The van der Waals surface area contributed by atoms with Crippen LogP contribution in [0.25, 0.3) is 0 Å². The number of benzene rings is 1. The van der Waals surface area contributed by atoms with Gasteiger partial charge in [-0.05, 0) is 39.0 Å². The molecule has 25 heavy (non-hydrogen) atoms. The SMILES string of the molecule is Cc1cc(NC(=O)CN(C(C)C)S(=O)(=O)c2cc(Cl)ccc2Cl)no1. The zero-order valence-corrected chi connectivity index (χ0v) is 16.1. The minimum absolute atomic E-state index is 0.0302. The lowest BCUT2D eigenvalue weighted by Crippen LogP contribution is -2.42. The van der Waals surface area contributed by atoms with Crippen molar-refractivity contribution >= 4 is 45.0 Å². The number of rotatable bonds is 6. The molecule has 1 amide bonds. The Morgan fingerprint density at radius 3 is 2.56 bits per heavy atom. The summed E-state index contributed by atoms with van der Waals surface area (Å²) >= 11 is 11.9. The number of amides is 1. The van der Waals surface area contributed by atoms with Gasteiger partial charge in [0.2, 0.25) is 15.9 Å². The van der Waals surface area contributed by atoms with E-state index in [-0.39, 0.29) is 20.8 Å². The minimum atomic E-state index is -4.02. The molecule has 10 heteroatoms. The highest BCUT2D eigenvalue weighted by Gasteiger charge is 2.31. The average Bonchev–Trinajstić information content (AvgIpc) is 2.91. The van der Waals surface area contributed by atoms with Crippen LogP contribution >= 0.6 is 23.2 Å². The van der Waals surface area contributed by atoms with E-state index in [0.29, 0.717) is 5.76 Å². The Bertz CT molecular complexity index is 881. The normalized spacial score (nSPS) is 12.0. The first kappa shape index (κ1) is 19.7. The topological polar surface area (TPSA) is 92.5 Å². The van der Waals surface area contributed by atoms with Crippen molar-refractivity contribution in [1.29, 1.82) is 0 Å². The Hall–Kier alpha value is -1.61. The Kier molecular flexibility index (Phi) is 6.10. The highest BCUT2D eigenvalue weighted by Crippen LogP contribution is 2.28. The number of anilines is 1. The molecule has 1 N–H and O–H groups in total. The summed E-state index contributed by atoms with van der Waals surface area (Å²) in [5, 5.41) is 6.39. The summed E-state index contributed by atoms with van der Waals surface area (Å²) in [7, 11) is -4.02. The van der Waals surface area contributed by atoms with Crippen LogP contribution in [0.3, 0.4) is 0 Å². The Balaban J connectivity index is 2.27. The zero-order chi connectivity index (χ0) is 18.8. The molecule has 1 aromatic heterocycles. The first-order valence-electron chi connectivity index (χ1n) is 7.31. The van der Waals surface area contributed by atoms with Gasteiger partial charge in [-0.15, -0.1) is 0 Å². The standard InChI is InChI=1S/C15H17Cl2N3O4S/c1-9(2)20(8-15(21)18-14-6-10(3)24-19-14)25(22,23)13-7-11(16)4-5-12(13)17/h4-7,9H,8H2,1-3H3,(H,18,19,21). The molecule has 0 atom stereocenters. The maximum Gasteiger partial charge on any atom is 0.245 e. The molecule has 0 aliphatic heterocycles. The molecule has 2 rings (SSSR count). The van der Waals surface area contributed by atoms with Crippen molar-refractivity contribution in [2.75, 3.05) is 11.9 Å². The number of hydrogen-bond acceptors (Lipinski definition) is 5. The molecule has 0 bridgehead atoms. The van der Waals surface area contributed by atoms with Crippen LogP contribution in [-0.2, 0) is 14.8 Å². The first-order valence-corrected chi connectivity index (χ1v) is 9.51. The second-order valence-corrected chi connectivity index (χ2v) is 8.29. The number of aromatic nitrogens is 1. The van der Waals surface area contributed by atoms with E-state index in [4.69, 9.17) is 27.7 Å². The van der Waals surface area contributed by atoms with Gasteiger partial charge in [0.1, 0.15) is 10.7 Å². The van der Waals surface area contributed by atoms with Crippen LogP contribution in [-0.4, -0.2) is 36.4 Å². The number of hydrogen-bond donors (Lipinski definition) is 1. The molecule has 136 valence electrons. The van der Waals surface area contributed by atoms with Crippen LogP contribution in [0.4, 0.5) is 5.82 Å². The summed E-state index contributed by atoms with van der Waals surface area (Å²) in [6, 6.07) is 5.19. The van der Waals surface area contributed by atoms with E-state index in [1.165, 1.54) is 24.3 Å². The van der Waals surface area contributed by atoms with Crippen LogP contribution in [0.1, 0.15) is 19.6 Å². The molecule has 0 unspecified atom stereocenters. The largest absolute Gasteiger partial charge is 0.360 e. The van der Waals surface area contributed by atoms with E-state index in [1.54, 1.807) is 20.8 Å². The lowest BCUT2D eigenvalue weighted by molar-refractivity contribution is -0.116. The highest BCUT2D eigenvalue weighted by atomic mass is 35.5. The van der Waals surface area contributed by atoms with Crippen molar-refractivity contribution in [2.45, 2.75) is 31.7 Å². The van der Waals surface area contributed by atoms with Crippen LogP contribution in [0.2, 0.25) is 10.0 Å². The first-order chi connectivity index (χ1) is 11.6. The van der Waals surface area contributed by atoms with E-state index >= 15 is 0 Å². The molecular formula is C15H17Cl2N3O4S. The molecule has 0 aliphatic rings. The Labute approximate surface area is 155 Å². The maximum absolute atomic E-state index is 12.9. The third-order valence-electron chi connectivity index (χ3n) is 3.25. The summed E-state index contributed by atoms with van der Waals surface area (Å²) < 4.78 is 31.7. The smallest absolute Gasteiger partial charge is 0.245 e. The molecule has 0 fully saturated rings. The van der Waals surface area contributed by atoms with Crippen molar-refractivity contribution in [2.24, 2.45) is 0 Å². The quantitative estimate of drug-likeness (QED) is 0.795. The fourth-order valence-electron chi connectivity index (χ4n) is 2.10. The van der Waals surface area contributed by atoms with Gasteiger partial charge in [0.05, 0.1) is 11.6 Å². The molecule has 0 spiro atoms. The number of carbonyl (C=O) groups excluding carboxylic acids is 1. The van der Waals surface area contributed by atoms with E-state index in [1.807, 2.05) is 0 Å². The summed E-state index contributed by atoms with van der Waals surface area (Å²) in [5.41, 5.74) is 0. The maximum atomic E-state index is 12.9. The molecule has 1 aromatic carbocycles. The lowest BCUT2D eigenvalue weighted by atomic mass is 10.4. The molecule has 1 heterocycles. The van der Waals surface area contributed by atoms with Gasteiger partial charge in [0, 0.05) is 17.1 Å². The van der Waals surface area contributed by atoms with Gasteiger partial charge in [0.15, 0.2) is 5.82 Å². The van der Waals surface area contributed by atoms with Gasteiger partial charge in [-0.3, -0.25) is 4.79 Å². The van der Waals surface area contributed by atoms with Crippen molar-refractivity contribution in [3.8, 4) is 0 Å². The van der Waals surface area contributed by atoms with Crippen LogP contribution in [0, 0.1) is 6.92 Å². The zero-order valence-electron chi connectivity index (χ0n) is 13.8. The molecule has 7 nitrogen and oxygen atoms in total. The Morgan fingerprint density at radius 1 is 1.32 bits per heavy atom. The predicted octanol–water partition coefficient (Wildman–Crippen LogP) is 3.33. The second kappa shape index (κ2) is 7.74. The molecule has 0 saturated carbocycles. The minimum Gasteiger partial charge on any atom is -0.360 e. The molecule has 2 aromatic rings. The van der Waals surface area contributed by atoms with Gasteiger partial charge >= 0.3 is 0 Å². The molecule has 0 radical (unpaired) electrons. The highest BCUT2D eigenvalue weighted by molar-refractivity contribution is 7.89. The van der Waals surface area contributed by atoms with Crippen molar-refractivity contribution < 1.29 is 17.7 Å². The fourth-order valence-corrected chi connectivity index (χ4v) is 4.43. The molecular weight excluding hydrogens is 389 g/mol. The van der Waals surface area contributed by atoms with Crippen molar-refractivity contribution in [3.63, 3.8) is 0 Å². The Morgan fingerprint density at radius 2 is 2.00 bits per heavy atom. The third kappa shape index (κ3) is 4.72. The summed E-state index contributed by atoms with van der Waals surface area (Å²) in [6.45, 7) is 4.58. The van der Waals surface area contributed by atoms with E-state index < -0.39 is 28.5 Å². The number of nitrogens with one attached hydrogen (secondary N) is 1. The van der Waals surface area contributed by atoms with E-state index in [9.17, 15) is 13.2 Å². The number of nitrogens with zero attached hydrogens (tertiary/aromatic N) is 2. The fraction of sp³-hybridized carbons (Fsp3) is 0.333. The third-order valence-corrected chi connectivity index (χ3v) is 5.99. The molecule has 0 saturated heterocycles. The van der Waals surface area contributed by atoms with Crippen LogP contribution in [0.5, 0.6) is 0 Å². The van der Waals surface area contributed by atoms with E-state index in [2.05, 4.69) is 10.5 Å². The number of sulfonamides is 1. The van der Waals surface area contributed by atoms with Crippen molar-refractivity contribution in [3.05, 3.63) is 40.1 Å². The van der Waals surface area contributed by atoms with E-state index in [0.717, 1.165) is 4.31 Å². The monoisotopic (exact) mass is 405 g/mol. The summed E-state index contributed by atoms with van der Waals surface area (Å²) in [6.07, 6.45) is 0. The second-order valence-electron chi connectivity index (χ2n) is 5.59. The average molecular weight is 406 g/mol. The number of carbonyl (C=O) groups is 1. The molecule has 0 aliphatic carbocycles. The number of aryl methyl sites for hydroxylation is 1. The summed E-state index contributed by atoms with van der Waals surface area (Å²) in [4.78, 5) is 12.1. The predicted molar refractivity (Wildman–Crippen MR) is 95.4 cm³/mol. The van der Waals surface area contributed by atoms with Gasteiger partial charge in [-0.2, -0.15) is 4.31 Å². The van der Waals surface area contributed by atoms with Gasteiger partial charge < -0.3 is 9.84 Å². The number of halogens is 2. The van der Waals surface area contributed by atoms with Gasteiger partial charge in [-0.1, -0.05) is 28.4 Å². The lowest BCUT2D eigenvalue weighted by Gasteiger charge is -2.25. The van der Waals surface area contributed by atoms with Crippen molar-refractivity contribution in [1.82, 2.24) is 9.46 Å². The summed E-state index contributed by atoms with van der Waals surface area (Å²) in [5.74, 6) is 0.183. The van der Waals surface area contributed by atoms with Gasteiger partial charge in [0.25, 0.3) is 0 Å². The van der Waals surface area contributed by atoms with Gasteiger partial charge in [-0.25, -0.2) is 8.42 Å².